The van der Waals surface area contributed by atoms with Crippen LogP contribution in [0.25, 0.3) is 0 Å². The van der Waals surface area contributed by atoms with Crippen LogP contribution in [0.3, 0.4) is 0 Å². The Hall–Kier alpha value is -5.46. The van der Waals surface area contributed by atoms with Gasteiger partial charge in [0, 0.05) is 0 Å². The molecule has 0 aliphatic heterocycles. The molecule has 0 saturated heterocycles. The van der Waals surface area contributed by atoms with Crippen molar-refractivity contribution in [3.63, 3.8) is 0 Å². The first kappa shape index (κ1) is 73.6. The van der Waals surface area contributed by atoms with E-state index in [1.807, 2.05) is 0 Å². The highest BCUT2D eigenvalue weighted by atomic mass is 14.2. The second kappa shape index (κ2) is 34.9. The minimum absolute atomic E-state index is 0.642. The zero-order valence-electron chi connectivity index (χ0n) is 58.4. The zero-order chi connectivity index (χ0) is 62.5. The highest BCUT2D eigenvalue weighted by Crippen LogP contribution is 2.27. The van der Waals surface area contributed by atoms with Crippen LogP contribution in [0.4, 0.5) is 0 Å². The largest absolute Gasteiger partial charge is 0.0590 e. The molecule has 7 aromatic rings. The van der Waals surface area contributed by atoms with Crippen molar-refractivity contribution >= 4 is 0 Å². The second-order valence-corrected chi connectivity index (χ2v) is 26.2. The molecule has 0 N–H and O–H groups in total. The third-order valence-corrected chi connectivity index (χ3v) is 16.6. The van der Waals surface area contributed by atoms with E-state index in [4.69, 9.17) is 0 Å². The van der Waals surface area contributed by atoms with Crippen LogP contribution in [0.15, 0.2) is 103 Å². The standard InChI is InChI=1S/5C12H18.C11H16.C10H14/c2*1-8(2)12-6-9(3)11(5)10(4)7-12;1-8(2)12-7-10(4)9(3)6-11(12)5;1-8(2)12-10(4)6-9(3)7-11(12)5;1-8(2)12-7-6-9(3)10(4)11(12)5;1-8(2)11-6-5-9(3)7-10(11)4;1-8(2)10-6-4-9(3)5-7-10/h5*6-8H,1-5H3;5-8H,1-4H3;4-8H,1-3H3. The van der Waals surface area contributed by atoms with Crippen LogP contribution in [-0.4, -0.2) is 0 Å². The first-order valence-electron chi connectivity index (χ1n) is 30.9. The van der Waals surface area contributed by atoms with E-state index in [9.17, 15) is 0 Å². The summed E-state index contributed by atoms with van der Waals surface area (Å²) in [5.74, 6) is 4.52. The molecular formula is C81H120. The maximum atomic E-state index is 2.31. The topological polar surface area (TPSA) is 0 Å². The van der Waals surface area contributed by atoms with Crippen LogP contribution in [0.1, 0.15) is 277 Å². The van der Waals surface area contributed by atoms with Gasteiger partial charge < -0.3 is 0 Å². The molecule has 0 spiro atoms. The first-order valence-corrected chi connectivity index (χ1v) is 30.9. The lowest BCUT2D eigenvalue weighted by atomic mass is 9.92. The van der Waals surface area contributed by atoms with Gasteiger partial charge in [0.15, 0.2) is 0 Å². The Bertz CT molecular complexity index is 2870. The van der Waals surface area contributed by atoms with Crippen molar-refractivity contribution < 1.29 is 0 Å². The van der Waals surface area contributed by atoms with E-state index in [0.717, 1.165) is 0 Å². The molecule has 0 aromatic heterocycles. The Morgan fingerprint density at radius 2 is 0.531 bits per heavy atom. The lowest BCUT2D eigenvalue weighted by Gasteiger charge is -2.14. The molecule has 0 atom stereocenters. The minimum Gasteiger partial charge on any atom is -0.0590 e. The van der Waals surface area contributed by atoms with Crippen molar-refractivity contribution in [2.75, 3.05) is 0 Å². The highest BCUT2D eigenvalue weighted by Gasteiger charge is 2.10. The van der Waals surface area contributed by atoms with Crippen LogP contribution in [0, 0.1) is 125 Å². The van der Waals surface area contributed by atoms with Gasteiger partial charge in [0.05, 0.1) is 0 Å². The molecule has 0 bridgehead atoms. The Kier molecular flexibility index (Phi) is 31.7. The summed E-state index contributed by atoms with van der Waals surface area (Å²) in [4.78, 5) is 0. The van der Waals surface area contributed by atoms with E-state index in [1.165, 1.54) is 139 Å². The molecule has 0 unspecified atom stereocenters. The minimum atomic E-state index is 0.642. The maximum Gasteiger partial charge on any atom is -0.0214 e. The van der Waals surface area contributed by atoms with Crippen LogP contribution in [-0.2, 0) is 0 Å². The molecule has 7 rings (SSSR count). The Morgan fingerprint density at radius 3 is 0.889 bits per heavy atom. The fourth-order valence-electron chi connectivity index (χ4n) is 10.5. The molecule has 0 saturated carbocycles. The van der Waals surface area contributed by atoms with E-state index < -0.39 is 0 Å². The molecule has 0 heteroatoms. The maximum absolute atomic E-state index is 2.31. The molecule has 444 valence electrons. The average molecular weight is 1090 g/mol. The molecule has 0 fully saturated rings. The molecule has 81 heavy (non-hydrogen) atoms. The van der Waals surface area contributed by atoms with Crippen molar-refractivity contribution in [1.29, 1.82) is 0 Å². The van der Waals surface area contributed by atoms with Crippen LogP contribution in [0.5, 0.6) is 0 Å². The molecule has 7 aromatic carbocycles. The Morgan fingerprint density at radius 1 is 0.185 bits per heavy atom. The molecular weight excluding hydrogens is 973 g/mol. The summed E-state index contributed by atoms with van der Waals surface area (Å²) >= 11 is 0. The second-order valence-electron chi connectivity index (χ2n) is 26.2. The lowest BCUT2D eigenvalue weighted by Crippen LogP contribution is -1.96. The number of aryl methyl sites for hydroxylation is 14. The number of benzene rings is 7. The summed E-state index contributed by atoms with van der Waals surface area (Å²) in [5, 5.41) is 0. The van der Waals surface area contributed by atoms with Crippen molar-refractivity contribution in [3.05, 3.63) is 242 Å². The molecule has 0 nitrogen and oxygen atoms in total. The highest BCUT2D eigenvalue weighted by molar-refractivity contribution is 5.43. The van der Waals surface area contributed by atoms with Gasteiger partial charge >= 0.3 is 0 Å². The van der Waals surface area contributed by atoms with Gasteiger partial charge in [-0.15, -0.1) is 0 Å². The third-order valence-electron chi connectivity index (χ3n) is 16.6. The third kappa shape index (κ3) is 24.5. The zero-order valence-corrected chi connectivity index (χ0v) is 58.4. The fraction of sp³-hybridized carbons (Fsp3) is 0.481. The summed E-state index contributed by atoms with van der Waals surface area (Å²) < 4.78 is 0. The van der Waals surface area contributed by atoms with Gasteiger partial charge in [-0.1, -0.05) is 217 Å². The van der Waals surface area contributed by atoms with Crippen molar-refractivity contribution in [3.8, 4) is 0 Å². The normalized spacial score (nSPS) is 10.8. The summed E-state index contributed by atoms with van der Waals surface area (Å²) in [6, 6.07) is 38.2. The van der Waals surface area contributed by atoms with Gasteiger partial charge in [-0.2, -0.15) is 0 Å². The molecule has 0 amide bonds. The van der Waals surface area contributed by atoms with Gasteiger partial charge in [-0.25, -0.2) is 0 Å². The van der Waals surface area contributed by atoms with E-state index >= 15 is 0 Å². The first-order chi connectivity index (χ1) is 37.4. The average Bonchev–Trinajstić information content (AvgIpc) is 3.36. The molecule has 0 aliphatic carbocycles. The predicted octanol–water partition coefficient (Wildman–Crippen LogP) is 25.2. The summed E-state index contributed by atoms with van der Waals surface area (Å²) in [6.45, 7) is 70.6. The SMILES string of the molecule is Cc1cc(C(C)C)cc(C)c1C.Cc1cc(C(C)C)cc(C)c1C.Cc1cc(C)c(C(C)C)c(C)c1.Cc1cc(C)c(C(C)C)cc1C.Cc1ccc(C(C)C)c(C)c1.Cc1ccc(C(C)C)c(C)c1C.Cc1ccc(C(C)C)cc1. The summed E-state index contributed by atoms with van der Waals surface area (Å²) in [6.07, 6.45) is 0. The molecule has 0 radical (unpaired) electrons. The van der Waals surface area contributed by atoms with E-state index in [-0.39, 0.29) is 0 Å². The number of hydrogen-bond donors (Lipinski definition) is 0. The van der Waals surface area contributed by atoms with Gasteiger partial charge in [-0.05, 0) is 288 Å². The molecule has 0 aliphatic rings. The van der Waals surface area contributed by atoms with E-state index in [1.54, 1.807) is 0 Å². The van der Waals surface area contributed by atoms with Crippen LogP contribution < -0.4 is 0 Å². The van der Waals surface area contributed by atoms with Crippen molar-refractivity contribution in [2.24, 2.45) is 0 Å². The fourth-order valence-corrected chi connectivity index (χ4v) is 10.5. The van der Waals surface area contributed by atoms with Crippen molar-refractivity contribution in [1.82, 2.24) is 0 Å². The quantitative estimate of drug-likeness (QED) is 0.149. The van der Waals surface area contributed by atoms with E-state index in [2.05, 4.69) is 325 Å². The van der Waals surface area contributed by atoms with Gasteiger partial charge in [0.25, 0.3) is 0 Å². The lowest BCUT2D eigenvalue weighted by molar-refractivity contribution is 0.845. The van der Waals surface area contributed by atoms with Gasteiger partial charge in [0.2, 0.25) is 0 Å². The molecule has 0 heterocycles. The smallest absolute Gasteiger partial charge is 0.0214 e. The summed E-state index contributed by atoms with van der Waals surface area (Å²) in [5.41, 5.74) is 35.7. The van der Waals surface area contributed by atoms with Crippen LogP contribution >= 0.6 is 0 Å². The van der Waals surface area contributed by atoms with Crippen molar-refractivity contribution in [2.45, 2.75) is 263 Å². The number of hydrogen-bond acceptors (Lipinski definition) is 0. The number of rotatable bonds is 7. The van der Waals surface area contributed by atoms with Gasteiger partial charge in [0.1, 0.15) is 0 Å². The Balaban J connectivity index is 0.000000473. The van der Waals surface area contributed by atoms with Crippen LogP contribution in [0.2, 0.25) is 0 Å². The summed E-state index contributed by atoms with van der Waals surface area (Å²) in [7, 11) is 0. The van der Waals surface area contributed by atoms with Gasteiger partial charge in [-0.3, -0.25) is 0 Å². The monoisotopic (exact) mass is 1090 g/mol. The Labute approximate surface area is 502 Å². The predicted molar refractivity (Wildman–Crippen MR) is 369 cm³/mol. The van der Waals surface area contributed by atoms with E-state index in [0.29, 0.717) is 41.4 Å².